The van der Waals surface area contributed by atoms with Crippen molar-refractivity contribution in [1.82, 2.24) is 0 Å². The van der Waals surface area contributed by atoms with E-state index in [4.69, 9.17) is 4.74 Å². The maximum atomic E-state index is 13.8. The van der Waals surface area contributed by atoms with Gasteiger partial charge < -0.3 is 15.0 Å². The first-order valence-electron chi connectivity index (χ1n) is 15.7. The van der Waals surface area contributed by atoms with E-state index in [2.05, 4.69) is 19.2 Å². The fourth-order valence-corrected chi connectivity index (χ4v) is 4.88. The summed E-state index contributed by atoms with van der Waals surface area (Å²) in [6.07, 6.45) is 14.4. The van der Waals surface area contributed by atoms with Gasteiger partial charge in [-0.25, -0.2) is 4.79 Å². The SMILES string of the molecule is CCCCCCCCNc1ccc(C(=O)N(CCCCCCCC)c2cccc(C(=O)Oc3ccccc3)c2)cc1. The third kappa shape index (κ3) is 11.4. The van der Waals surface area contributed by atoms with Gasteiger partial charge in [0.15, 0.2) is 0 Å². The van der Waals surface area contributed by atoms with E-state index in [-0.39, 0.29) is 5.91 Å². The Hall–Kier alpha value is -3.60. The molecular weight excluding hydrogens is 508 g/mol. The third-order valence-corrected chi connectivity index (χ3v) is 7.32. The Morgan fingerprint density at radius 3 is 1.98 bits per heavy atom. The molecule has 0 heterocycles. The van der Waals surface area contributed by atoms with E-state index < -0.39 is 5.97 Å². The zero-order valence-electron chi connectivity index (χ0n) is 25.1. The van der Waals surface area contributed by atoms with Crippen LogP contribution in [0.1, 0.15) is 112 Å². The van der Waals surface area contributed by atoms with E-state index in [1.165, 1.54) is 51.4 Å². The fourth-order valence-electron chi connectivity index (χ4n) is 4.88. The zero-order chi connectivity index (χ0) is 29.1. The summed E-state index contributed by atoms with van der Waals surface area (Å²) in [5, 5.41) is 3.48. The molecule has 41 heavy (non-hydrogen) atoms. The van der Waals surface area contributed by atoms with Crippen molar-refractivity contribution < 1.29 is 14.3 Å². The van der Waals surface area contributed by atoms with Gasteiger partial charge in [0.2, 0.25) is 0 Å². The van der Waals surface area contributed by atoms with Crippen LogP contribution in [0.2, 0.25) is 0 Å². The summed E-state index contributed by atoms with van der Waals surface area (Å²) in [4.78, 5) is 28.4. The molecule has 0 saturated carbocycles. The van der Waals surface area contributed by atoms with E-state index in [1.807, 2.05) is 54.6 Å². The van der Waals surface area contributed by atoms with Crippen molar-refractivity contribution >= 4 is 23.3 Å². The highest BCUT2D eigenvalue weighted by Gasteiger charge is 2.19. The number of benzene rings is 3. The smallest absolute Gasteiger partial charge is 0.343 e. The minimum atomic E-state index is -0.439. The summed E-state index contributed by atoms with van der Waals surface area (Å²) < 4.78 is 5.54. The molecule has 3 rings (SSSR count). The molecule has 0 atom stereocenters. The van der Waals surface area contributed by atoms with Gasteiger partial charge in [0, 0.05) is 30.0 Å². The van der Waals surface area contributed by atoms with Crippen molar-refractivity contribution in [3.05, 3.63) is 90.0 Å². The van der Waals surface area contributed by atoms with Crippen LogP contribution in [-0.2, 0) is 0 Å². The first-order valence-corrected chi connectivity index (χ1v) is 15.7. The van der Waals surface area contributed by atoms with Crippen LogP contribution in [0.3, 0.4) is 0 Å². The summed E-state index contributed by atoms with van der Waals surface area (Å²) in [6, 6.07) is 24.0. The standard InChI is InChI=1S/C36H48N2O3/c1-3-5-7-9-11-16-27-37-32-25-23-30(24-26-32)35(39)38(28-17-12-10-8-6-4-2)33-20-18-19-31(29-33)36(40)41-34-21-14-13-15-22-34/h13-15,18-26,29,37H,3-12,16-17,27-28H2,1-2H3. The molecule has 5 nitrogen and oxygen atoms in total. The lowest BCUT2D eigenvalue weighted by molar-refractivity contribution is 0.0734. The highest BCUT2D eigenvalue weighted by molar-refractivity contribution is 6.06. The Bertz CT molecular complexity index is 1160. The second kappa shape index (κ2) is 18.7. The molecule has 1 N–H and O–H groups in total. The molecular formula is C36H48N2O3. The molecule has 3 aromatic carbocycles. The quantitative estimate of drug-likeness (QED) is 0.0907. The summed E-state index contributed by atoms with van der Waals surface area (Å²) in [7, 11) is 0. The fraction of sp³-hybridized carbons (Fsp3) is 0.444. The van der Waals surface area contributed by atoms with Gasteiger partial charge in [-0.15, -0.1) is 0 Å². The van der Waals surface area contributed by atoms with Gasteiger partial charge in [-0.3, -0.25) is 4.79 Å². The molecule has 0 fully saturated rings. The largest absolute Gasteiger partial charge is 0.423 e. The molecule has 0 bridgehead atoms. The number of nitrogens with zero attached hydrogens (tertiary/aromatic N) is 1. The molecule has 0 radical (unpaired) electrons. The maximum absolute atomic E-state index is 13.8. The normalized spacial score (nSPS) is 10.8. The summed E-state index contributed by atoms with van der Waals surface area (Å²) in [5.74, 6) is -0.00600. The van der Waals surface area contributed by atoms with Gasteiger partial charge in [0.25, 0.3) is 5.91 Å². The Kier molecular flexibility index (Phi) is 14.6. The van der Waals surface area contributed by atoms with Crippen molar-refractivity contribution in [1.29, 1.82) is 0 Å². The molecule has 0 saturated heterocycles. The number of amides is 1. The maximum Gasteiger partial charge on any atom is 0.343 e. The number of para-hydroxylation sites is 1. The number of esters is 1. The minimum absolute atomic E-state index is 0.0605. The van der Waals surface area contributed by atoms with Crippen LogP contribution < -0.4 is 15.0 Å². The van der Waals surface area contributed by atoms with Crippen molar-refractivity contribution in [2.75, 3.05) is 23.3 Å². The number of unbranched alkanes of at least 4 members (excludes halogenated alkanes) is 10. The predicted octanol–water partition coefficient (Wildman–Crippen LogP) is 9.69. The van der Waals surface area contributed by atoms with Crippen LogP contribution in [0.25, 0.3) is 0 Å². The van der Waals surface area contributed by atoms with Crippen LogP contribution in [0.4, 0.5) is 11.4 Å². The number of hydrogen-bond donors (Lipinski definition) is 1. The van der Waals surface area contributed by atoms with Gasteiger partial charge in [-0.05, 0) is 67.4 Å². The first-order chi connectivity index (χ1) is 20.1. The Morgan fingerprint density at radius 2 is 1.29 bits per heavy atom. The van der Waals surface area contributed by atoms with E-state index in [0.717, 1.165) is 37.9 Å². The topological polar surface area (TPSA) is 58.6 Å². The lowest BCUT2D eigenvalue weighted by atomic mass is 10.1. The van der Waals surface area contributed by atoms with E-state index in [0.29, 0.717) is 29.1 Å². The van der Waals surface area contributed by atoms with Crippen molar-refractivity contribution in [2.24, 2.45) is 0 Å². The molecule has 0 spiro atoms. The summed E-state index contributed by atoms with van der Waals surface area (Å²) in [5.41, 5.74) is 2.79. The van der Waals surface area contributed by atoms with E-state index >= 15 is 0 Å². The second-order valence-corrected chi connectivity index (χ2v) is 10.7. The van der Waals surface area contributed by atoms with Crippen LogP contribution in [0.5, 0.6) is 5.75 Å². The van der Waals surface area contributed by atoms with Gasteiger partial charge in [-0.2, -0.15) is 0 Å². The Morgan fingerprint density at radius 1 is 0.659 bits per heavy atom. The third-order valence-electron chi connectivity index (χ3n) is 7.32. The van der Waals surface area contributed by atoms with E-state index in [9.17, 15) is 9.59 Å². The van der Waals surface area contributed by atoms with Gasteiger partial charge in [0.1, 0.15) is 5.75 Å². The second-order valence-electron chi connectivity index (χ2n) is 10.7. The summed E-state index contributed by atoms with van der Waals surface area (Å²) in [6.45, 7) is 5.99. The van der Waals surface area contributed by atoms with Gasteiger partial charge >= 0.3 is 5.97 Å². The number of hydrogen-bond acceptors (Lipinski definition) is 4. The van der Waals surface area contributed by atoms with Crippen LogP contribution in [-0.4, -0.2) is 25.0 Å². The predicted molar refractivity (Wildman–Crippen MR) is 171 cm³/mol. The molecule has 0 aliphatic carbocycles. The van der Waals surface area contributed by atoms with Crippen molar-refractivity contribution in [3.8, 4) is 5.75 Å². The zero-order valence-corrected chi connectivity index (χ0v) is 25.1. The van der Waals surface area contributed by atoms with Crippen LogP contribution in [0, 0.1) is 0 Å². The highest BCUT2D eigenvalue weighted by atomic mass is 16.5. The lowest BCUT2D eigenvalue weighted by Crippen LogP contribution is -2.32. The molecule has 0 aliphatic rings. The number of anilines is 2. The molecule has 0 unspecified atom stereocenters. The Labute approximate surface area is 247 Å². The molecule has 0 aliphatic heterocycles. The molecule has 1 amide bonds. The Balaban J connectivity index is 1.66. The van der Waals surface area contributed by atoms with Crippen molar-refractivity contribution in [2.45, 2.75) is 90.9 Å². The van der Waals surface area contributed by atoms with Crippen LogP contribution in [0.15, 0.2) is 78.9 Å². The molecule has 3 aromatic rings. The molecule has 0 aromatic heterocycles. The average Bonchev–Trinajstić information content (AvgIpc) is 3.01. The van der Waals surface area contributed by atoms with Crippen LogP contribution >= 0.6 is 0 Å². The number of carbonyl (C=O) groups is 2. The number of carbonyl (C=O) groups excluding carboxylic acids is 2. The number of rotatable bonds is 19. The van der Waals surface area contributed by atoms with Gasteiger partial charge in [0.05, 0.1) is 5.56 Å². The first kappa shape index (κ1) is 31.9. The number of nitrogens with one attached hydrogen (secondary N) is 1. The highest BCUT2D eigenvalue weighted by Crippen LogP contribution is 2.23. The van der Waals surface area contributed by atoms with Crippen molar-refractivity contribution in [3.63, 3.8) is 0 Å². The van der Waals surface area contributed by atoms with E-state index in [1.54, 1.807) is 29.2 Å². The summed E-state index contributed by atoms with van der Waals surface area (Å²) >= 11 is 0. The average molecular weight is 557 g/mol. The van der Waals surface area contributed by atoms with Gasteiger partial charge in [-0.1, -0.05) is 102 Å². The molecule has 5 heteroatoms. The monoisotopic (exact) mass is 556 g/mol. The lowest BCUT2D eigenvalue weighted by Gasteiger charge is -2.24. The molecule has 220 valence electrons. The minimum Gasteiger partial charge on any atom is -0.423 e. The number of ether oxygens (including phenoxy) is 1.